The van der Waals surface area contributed by atoms with Crippen molar-refractivity contribution in [3.63, 3.8) is 0 Å². The molecule has 1 aliphatic rings. The van der Waals surface area contributed by atoms with Gasteiger partial charge in [-0.3, -0.25) is 0 Å². The fourth-order valence-corrected chi connectivity index (χ4v) is 3.11. The zero-order valence-corrected chi connectivity index (χ0v) is 14.0. The van der Waals surface area contributed by atoms with Crippen molar-refractivity contribution in [1.29, 1.82) is 0 Å². The minimum atomic E-state index is -0.297. The van der Waals surface area contributed by atoms with Gasteiger partial charge < -0.3 is 15.2 Å². The lowest BCUT2D eigenvalue weighted by Crippen LogP contribution is -2.54. The molecule has 3 rings (SSSR count). The van der Waals surface area contributed by atoms with Gasteiger partial charge in [-0.05, 0) is 43.9 Å². The fourth-order valence-electron chi connectivity index (χ4n) is 2.98. The van der Waals surface area contributed by atoms with Crippen LogP contribution in [0.2, 0.25) is 5.02 Å². The number of urea groups is 1. The summed E-state index contributed by atoms with van der Waals surface area (Å²) in [4.78, 5) is 12.4. The molecular formula is C16H20ClN5O. The summed E-state index contributed by atoms with van der Waals surface area (Å²) in [6, 6.07) is 7.26. The van der Waals surface area contributed by atoms with Crippen molar-refractivity contribution in [3.05, 3.63) is 47.0 Å². The molecule has 6 nitrogen and oxygen atoms in total. The smallest absolute Gasteiger partial charge is 0.316 e. The van der Waals surface area contributed by atoms with E-state index < -0.39 is 0 Å². The van der Waals surface area contributed by atoms with Gasteiger partial charge in [0.05, 0.1) is 11.6 Å². The number of amides is 2. The molecule has 1 aromatic heterocycles. The highest BCUT2D eigenvalue weighted by Gasteiger charge is 2.40. The van der Waals surface area contributed by atoms with Crippen molar-refractivity contribution in [3.8, 4) is 0 Å². The molecule has 0 bridgehead atoms. The zero-order valence-electron chi connectivity index (χ0n) is 13.2. The molecule has 7 heteroatoms. The van der Waals surface area contributed by atoms with Crippen LogP contribution >= 0.6 is 11.6 Å². The van der Waals surface area contributed by atoms with E-state index in [9.17, 15) is 4.79 Å². The largest absolute Gasteiger partial charge is 0.329 e. The molecular weight excluding hydrogens is 314 g/mol. The van der Waals surface area contributed by atoms with E-state index in [1.807, 2.05) is 38.2 Å². The predicted molar refractivity (Wildman–Crippen MR) is 88.1 cm³/mol. The molecule has 0 radical (unpaired) electrons. The van der Waals surface area contributed by atoms with Crippen LogP contribution in [0, 0.1) is 0 Å². The average Bonchev–Trinajstić information content (AvgIpc) is 2.90. The van der Waals surface area contributed by atoms with Gasteiger partial charge in [-0.1, -0.05) is 23.7 Å². The third-order valence-corrected chi connectivity index (χ3v) is 4.69. The SMILES string of the molecule is C[C@@H](NC(=O)NC1(c2ccc(Cl)cc2)CCC1)c1nncn1C. The molecule has 0 unspecified atom stereocenters. The number of carbonyl (C=O) groups is 1. The quantitative estimate of drug-likeness (QED) is 0.903. The first-order valence-electron chi connectivity index (χ1n) is 7.69. The normalized spacial score (nSPS) is 17.2. The number of nitrogens with one attached hydrogen (secondary N) is 2. The highest BCUT2D eigenvalue weighted by atomic mass is 35.5. The lowest BCUT2D eigenvalue weighted by atomic mass is 9.72. The molecule has 0 spiro atoms. The Kier molecular flexibility index (Phi) is 4.26. The van der Waals surface area contributed by atoms with E-state index in [4.69, 9.17) is 11.6 Å². The first-order valence-corrected chi connectivity index (χ1v) is 8.07. The number of aryl methyl sites for hydroxylation is 1. The van der Waals surface area contributed by atoms with Crippen molar-refractivity contribution in [2.24, 2.45) is 7.05 Å². The monoisotopic (exact) mass is 333 g/mol. The summed E-state index contributed by atoms with van der Waals surface area (Å²) in [5.41, 5.74) is 0.795. The Balaban J connectivity index is 1.68. The van der Waals surface area contributed by atoms with Crippen LogP contribution in [0.3, 0.4) is 0 Å². The first-order chi connectivity index (χ1) is 11.0. The highest BCUT2D eigenvalue weighted by molar-refractivity contribution is 6.30. The molecule has 2 amide bonds. The van der Waals surface area contributed by atoms with Crippen molar-refractivity contribution < 1.29 is 4.79 Å². The summed E-state index contributed by atoms with van der Waals surface area (Å²) in [7, 11) is 1.85. The molecule has 1 fully saturated rings. The van der Waals surface area contributed by atoms with Crippen molar-refractivity contribution >= 4 is 17.6 Å². The summed E-state index contributed by atoms with van der Waals surface area (Å²) in [6.07, 6.45) is 4.58. The van der Waals surface area contributed by atoms with Crippen LogP contribution in [0.4, 0.5) is 4.79 Å². The van der Waals surface area contributed by atoms with Crippen LogP contribution in [0.15, 0.2) is 30.6 Å². The number of hydrogen-bond acceptors (Lipinski definition) is 3. The maximum absolute atomic E-state index is 12.4. The summed E-state index contributed by atoms with van der Waals surface area (Å²) < 4.78 is 1.79. The number of halogens is 1. The van der Waals surface area contributed by atoms with Crippen LogP contribution in [0.1, 0.15) is 43.6 Å². The van der Waals surface area contributed by atoms with Crippen LogP contribution < -0.4 is 10.6 Å². The summed E-state index contributed by atoms with van der Waals surface area (Å²) >= 11 is 5.95. The van der Waals surface area contributed by atoms with E-state index in [2.05, 4.69) is 20.8 Å². The molecule has 23 heavy (non-hydrogen) atoms. The second-order valence-electron chi connectivity index (χ2n) is 6.06. The van der Waals surface area contributed by atoms with E-state index in [0.717, 1.165) is 24.8 Å². The summed E-state index contributed by atoms with van der Waals surface area (Å²) in [5.74, 6) is 0.717. The Bertz CT molecular complexity index is 693. The van der Waals surface area contributed by atoms with Crippen molar-refractivity contribution in [2.45, 2.75) is 37.8 Å². The minimum absolute atomic E-state index is 0.199. The third-order valence-electron chi connectivity index (χ3n) is 4.44. The average molecular weight is 334 g/mol. The molecule has 1 heterocycles. The van der Waals surface area contributed by atoms with Gasteiger partial charge in [0.1, 0.15) is 6.33 Å². The number of aromatic nitrogens is 3. The third kappa shape index (κ3) is 3.17. The second kappa shape index (κ2) is 6.20. The zero-order chi connectivity index (χ0) is 16.4. The molecule has 0 aliphatic heterocycles. The summed E-state index contributed by atoms with van der Waals surface area (Å²) in [5, 5.41) is 14.6. The van der Waals surface area contributed by atoms with Gasteiger partial charge >= 0.3 is 6.03 Å². The topological polar surface area (TPSA) is 71.8 Å². The summed E-state index contributed by atoms with van der Waals surface area (Å²) in [6.45, 7) is 1.89. The van der Waals surface area contributed by atoms with Crippen molar-refractivity contribution in [2.75, 3.05) is 0 Å². The van der Waals surface area contributed by atoms with Gasteiger partial charge in [0.15, 0.2) is 5.82 Å². The van der Waals surface area contributed by atoms with E-state index in [-0.39, 0.29) is 17.6 Å². The van der Waals surface area contributed by atoms with Gasteiger partial charge in [0.2, 0.25) is 0 Å². The Morgan fingerprint density at radius 1 is 1.35 bits per heavy atom. The molecule has 1 aliphatic carbocycles. The molecule has 1 atom stereocenters. The lowest BCUT2D eigenvalue weighted by molar-refractivity contribution is 0.175. The predicted octanol–water partition coefficient (Wildman–Crippen LogP) is 2.91. The van der Waals surface area contributed by atoms with Crippen LogP contribution in [0.25, 0.3) is 0 Å². The van der Waals surface area contributed by atoms with Gasteiger partial charge in [-0.15, -0.1) is 10.2 Å². The first kappa shape index (κ1) is 15.8. The Hall–Kier alpha value is -2.08. The maximum Gasteiger partial charge on any atom is 0.316 e. The maximum atomic E-state index is 12.4. The van der Waals surface area contributed by atoms with Gasteiger partial charge in [0, 0.05) is 12.1 Å². The number of carbonyl (C=O) groups excluding carboxylic acids is 1. The van der Waals surface area contributed by atoms with Crippen LogP contribution in [-0.2, 0) is 12.6 Å². The van der Waals surface area contributed by atoms with E-state index >= 15 is 0 Å². The molecule has 1 aromatic carbocycles. The highest BCUT2D eigenvalue weighted by Crippen LogP contribution is 2.41. The number of rotatable bonds is 4. The number of nitrogens with zero attached hydrogens (tertiary/aromatic N) is 3. The minimum Gasteiger partial charge on any atom is -0.329 e. The Morgan fingerprint density at radius 2 is 2.04 bits per heavy atom. The molecule has 0 saturated heterocycles. The Morgan fingerprint density at radius 3 is 2.57 bits per heavy atom. The Labute approximate surface area is 140 Å². The fraction of sp³-hybridized carbons (Fsp3) is 0.438. The molecule has 2 aromatic rings. The lowest BCUT2D eigenvalue weighted by Gasteiger charge is -2.43. The number of hydrogen-bond donors (Lipinski definition) is 2. The van der Waals surface area contributed by atoms with Crippen LogP contribution in [-0.4, -0.2) is 20.8 Å². The van der Waals surface area contributed by atoms with Gasteiger partial charge in [-0.25, -0.2) is 4.79 Å². The molecule has 1 saturated carbocycles. The van der Waals surface area contributed by atoms with Gasteiger partial charge in [-0.2, -0.15) is 0 Å². The number of benzene rings is 1. The molecule has 2 N–H and O–H groups in total. The second-order valence-corrected chi connectivity index (χ2v) is 6.50. The van der Waals surface area contributed by atoms with E-state index in [1.165, 1.54) is 0 Å². The van der Waals surface area contributed by atoms with Crippen LogP contribution in [0.5, 0.6) is 0 Å². The van der Waals surface area contributed by atoms with E-state index in [0.29, 0.717) is 10.8 Å². The van der Waals surface area contributed by atoms with Gasteiger partial charge in [0.25, 0.3) is 0 Å². The molecule has 122 valence electrons. The standard InChI is InChI=1S/C16H20ClN5O/c1-11(14-21-18-10-22(14)2)19-15(23)20-16(8-3-9-16)12-4-6-13(17)7-5-12/h4-7,10-11H,3,8-9H2,1-2H3,(H2,19,20,23)/t11-/m1/s1. The van der Waals surface area contributed by atoms with Crippen molar-refractivity contribution in [1.82, 2.24) is 25.4 Å². The van der Waals surface area contributed by atoms with E-state index in [1.54, 1.807) is 10.9 Å².